The van der Waals surface area contributed by atoms with Crippen LogP contribution < -0.4 is 5.32 Å². The minimum Gasteiger partial charge on any atom is -0.339 e. The molecule has 0 saturated carbocycles. The van der Waals surface area contributed by atoms with Crippen LogP contribution in [0.2, 0.25) is 0 Å². The average molecular weight is 328 g/mol. The first-order valence-electron chi connectivity index (χ1n) is 8.41. The monoisotopic (exact) mass is 328 g/mol. The first kappa shape index (κ1) is 16.2. The summed E-state index contributed by atoms with van der Waals surface area (Å²) in [5, 5.41) is 5.92. The Bertz CT molecular complexity index is 604. The standard InChI is InChI=1S/C19H24N2OS/c1-2-17(18-9-6-14-23-18)20-16-10-12-21(13-11-16)19(22)15-7-4-3-5-8-15/h3-9,14,16-17,20H,2,10-13H2,1H3. The van der Waals surface area contributed by atoms with E-state index in [0.29, 0.717) is 12.1 Å². The Morgan fingerprint density at radius 2 is 1.96 bits per heavy atom. The molecule has 1 atom stereocenters. The highest BCUT2D eigenvalue weighted by molar-refractivity contribution is 7.10. The quantitative estimate of drug-likeness (QED) is 0.896. The molecule has 0 aliphatic carbocycles. The van der Waals surface area contributed by atoms with Crippen molar-refractivity contribution in [2.45, 2.75) is 38.3 Å². The Labute approximate surface area is 142 Å². The van der Waals surface area contributed by atoms with E-state index in [1.807, 2.05) is 46.6 Å². The molecule has 2 aromatic rings. The van der Waals surface area contributed by atoms with Crippen molar-refractivity contribution in [1.82, 2.24) is 10.2 Å². The molecular weight excluding hydrogens is 304 g/mol. The molecule has 1 unspecified atom stereocenters. The smallest absolute Gasteiger partial charge is 0.253 e. The van der Waals surface area contributed by atoms with Gasteiger partial charge in [-0.05, 0) is 42.8 Å². The van der Waals surface area contributed by atoms with Crippen molar-refractivity contribution in [3.05, 3.63) is 58.3 Å². The Kier molecular flexibility index (Phi) is 5.47. The van der Waals surface area contributed by atoms with Crippen LogP contribution in [0.1, 0.15) is 47.5 Å². The fraction of sp³-hybridized carbons (Fsp3) is 0.421. The Hall–Kier alpha value is -1.65. The second kappa shape index (κ2) is 7.75. The van der Waals surface area contributed by atoms with Gasteiger partial charge >= 0.3 is 0 Å². The molecule has 1 aromatic heterocycles. The third-order valence-corrected chi connectivity index (χ3v) is 5.52. The van der Waals surface area contributed by atoms with Crippen molar-refractivity contribution in [2.24, 2.45) is 0 Å². The summed E-state index contributed by atoms with van der Waals surface area (Å²) in [6.45, 7) is 3.91. The second-order valence-corrected chi connectivity index (χ2v) is 7.05. The van der Waals surface area contributed by atoms with Gasteiger partial charge in [0.15, 0.2) is 0 Å². The average Bonchev–Trinajstić information content (AvgIpc) is 3.15. The van der Waals surface area contributed by atoms with E-state index in [4.69, 9.17) is 0 Å². The molecule has 1 N–H and O–H groups in total. The van der Waals surface area contributed by atoms with Gasteiger partial charge in [-0.15, -0.1) is 11.3 Å². The Balaban J connectivity index is 1.53. The van der Waals surface area contributed by atoms with Crippen molar-refractivity contribution in [2.75, 3.05) is 13.1 Å². The Morgan fingerprint density at radius 3 is 2.57 bits per heavy atom. The van der Waals surface area contributed by atoms with Gasteiger partial charge in [0.25, 0.3) is 5.91 Å². The van der Waals surface area contributed by atoms with E-state index in [-0.39, 0.29) is 5.91 Å². The van der Waals surface area contributed by atoms with Gasteiger partial charge in [0.2, 0.25) is 0 Å². The van der Waals surface area contributed by atoms with Crippen LogP contribution in [0.3, 0.4) is 0 Å². The van der Waals surface area contributed by atoms with Crippen LogP contribution in [-0.4, -0.2) is 29.9 Å². The fourth-order valence-corrected chi connectivity index (χ4v) is 4.06. The van der Waals surface area contributed by atoms with E-state index in [0.717, 1.165) is 37.9 Å². The third-order valence-electron chi connectivity index (χ3n) is 4.53. The number of nitrogens with one attached hydrogen (secondary N) is 1. The summed E-state index contributed by atoms with van der Waals surface area (Å²) >= 11 is 1.82. The number of thiophene rings is 1. The number of likely N-dealkylation sites (tertiary alicyclic amines) is 1. The van der Waals surface area contributed by atoms with E-state index in [9.17, 15) is 4.79 Å². The molecule has 1 amide bonds. The molecule has 1 saturated heterocycles. The summed E-state index contributed by atoms with van der Waals surface area (Å²) in [7, 11) is 0. The number of hydrogen-bond donors (Lipinski definition) is 1. The maximum atomic E-state index is 12.5. The predicted octanol–water partition coefficient (Wildman–Crippen LogP) is 4.09. The minimum absolute atomic E-state index is 0.161. The van der Waals surface area contributed by atoms with E-state index in [1.165, 1.54) is 4.88 Å². The van der Waals surface area contributed by atoms with Crippen LogP contribution in [0.15, 0.2) is 47.8 Å². The summed E-state index contributed by atoms with van der Waals surface area (Å²) in [6.07, 6.45) is 3.16. The molecule has 3 nitrogen and oxygen atoms in total. The van der Waals surface area contributed by atoms with Gasteiger partial charge in [-0.25, -0.2) is 0 Å². The van der Waals surface area contributed by atoms with Gasteiger partial charge in [0, 0.05) is 35.6 Å². The molecule has 122 valence electrons. The molecule has 1 aromatic carbocycles. The SMILES string of the molecule is CCC(NC1CCN(C(=O)c2ccccc2)CC1)c1cccs1. The number of carbonyl (C=O) groups excluding carboxylic acids is 1. The number of amides is 1. The van der Waals surface area contributed by atoms with Gasteiger partial charge in [-0.2, -0.15) is 0 Å². The van der Waals surface area contributed by atoms with Gasteiger partial charge in [0.1, 0.15) is 0 Å². The number of benzene rings is 1. The van der Waals surface area contributed by atoms with Crippen molar-refractivity contribution >= 4 is 17.2 Å². The first-order valence-corrected chi connectivity index (χ1v) is 9.29. The molecule has 0 spiro atoms. The maximum Gasteiger partial charge on any atom is 0.253 e. The fourth-order valence-electron chi connectivity index (χ4n) is 3.19. The zero-order valence-electron chi connectivity index (χ0n) is 13.6. The first-order chi connectivity index (χ1) is 11.3. The number of hydrogen-bond acceptors (Lipinski definition) is 3. The van der Waals surface area contributed by atoms with Crippen LogP contribution in [0.4, 0.5) is 0 Å². The van der Waals surface area contributed by atoms with Crippen LogP contribution in [0, 0.1) is 0 Å². The summed E-state index contributed by atoms with van der Waals surface area (Å²) in [4.78, 5) is 15.9. The molecule has 0 radical (unpaired) electrons. The maximum absolute atomic E-state index is 12.5. The summed E-state index contributed by atoms with van der Waals surface area (Å²) in [5.74, 6) is 0.161. The van der Waals surface area contributed by atoms with Crippen molar-refractivity contribution in [3.63, 3.8) is 0 Å². The topological polar surface area (TPSA) is 32.3 Å². The van der Waals surface area contributed by atoms with E-state index in [1.54, 1.807) is 0 Å². The summed E-state index contributed by atoms with van der Waals surface area (Å²) in [6, 6.07) is 14.9. The molecule has 3 rings (SSSR count). The van der Waals surface area contributed by atoms with Crippen molar-refractivity contribution in [1.29, 1.82) is 0 Å². The molecule has 1 aliphatic heterocycles. The largest absolute Gasteiger partial charge is 0.339 e. The van der Waals surface area contributed by atoms with E-state index >= 15 is 0 Å². The van der Waals surface area contributed by atoms with Crippen LogP contribution in [-0.2, 0) is 0 Å². The minimum atomic E-state index is 0.161. The van der Waals surface area contributed by atoms with Crippen LogP contribution >= 0.6 is 11.3 Å². The second-order valence-electron chi connectivity index (χ2n) is 6.08. The van der Waals surface area contributed by atoms with Crippen molar-refractivity contribution < 1.29 is 4.79 Å². The lowest BCUT2D eigenvalue weighted by molar-refractivity contribution is 0.0701. The zero-order valence-corrected chi connectivity index (χ0v) is 14.4. The molecule has 1 fully saturated rings. The highest BCUT2D eigenvalue weighted by Gasteiger charge is 2.25. The molecule has 4 heteroatoms. The van der Waals surface area contributed by atoms with Crippen molar-refractivity contribution in [3.8, 4) is 0 Å². The highest BCUT2D eigenvalue weighted by atomic mass is 32.1. The third kappa shape index (κ3) is 4.01. The van der Waals surface area contributed by atoms with Gasteiger partial charge < -0.3 is 10.2 Å². The van der Waals surface area contributed by atoms with E-state index in [2.05, 4.69) is 29.8 Å². The molecular formula is C19H24N2OS. The lowest BCUT2D eigenvalue weighted by atomic mass is 10.0. The molecule has 2 heterocycles. The highest BCUT2D eigenvalue weighted by Crippen LogP contribution is 2.24. The lowest BCUT2D eigenvalue weighted by Crippen LogP contribution is -2.45. The number of rotatable bonds is 5. The summed E-state index contributed by atoms with van der Waals surface area (Å²) in [5.41, 5.74) is 0.795. The van der Waals surface area contributed by atoms with Gasteiger partial charge in [0.05, 0.1) is 0 Å². The zero-order chi connectivity index (χ0) is 16.1. The number of nitrogens with zero attached hydrogens (tertiary/aromatic N) is 1. The molecule has 23 heavy (non-hydrogen) atoms. The van der Waals surface area contributed by atoms with Gasteiger partial charge in [-0.1, -0.05) is 31.2 Å². The Morgan fingerprint density at radius 1 is 1.22 bits per heavy atom. The normalized spacial score (nSPS) is 17.2. The number of piperidine rings is 1. The number of carbonyl (C=O) groups is 1. The van der Waals surface area contributed by atoms with Gasteiger partial charge in [-0.3, -0.25) is 4.79 Å². The van der Waals surface area contributed by atoms with Crippen LogP contribution in [0.25, 0.3) is 0 Å². The summed E-state index contributed by atoms with van der Waals surface area (Å²) < 4.78 is 0. The molecule has 1 aliphatic rings. The lowest BCUT2D eigenvalue weighted by Gasteiger charge is -2.34. The van der Waals surface area contributed by atoms with E-state index < -0.39 is 0 Å². The molecule has 0 bridgehead atoms. The van der Waals surface area contributed by atoms with Crippen LogP contribution in [0.5, 0.6) is 0 Å². The predicted molar refractivity (Wildman–Crippen MR) is 95.9 cm³/mol.